The first-order valence-electron chi connectivity index (χ1n) is 8.01. The molecule has 3 nitrogen and oxygen atoms in total. The summed E-state index contributed by atoms with van der Waals surface area (Å²) in [6, 6.07) is 23.4. The van der Waals surface area contributed by atoms with Crippen LogP contribution in [0, 0.1) is 5.82 Å². The van der Waals surface area contributed by atoms with Gasteiger partial charge in [-0.25, -0.2) is 4.39 Å². The van der Waals surface area contributed by atoms with E-state index in [0.717, 1.165) is 12.0 Å². The van der Waals surface area contributed by atoms with Crippen molar-refractivity contribution in [2.75, 3.05) is 11.9 Å². The Balaban J connectivity index is 1.61. The highest BCUT2D eigenvalue weighted by Crippen LogP contribution is 2.21. The van der Waals surface area contributed by atoms with Crippen molar-refractivity contribution in [3.8, 4) is 5.75 Å². The van der Waals surface area contributed by atoms with Gasteiger partial charge in [-0.15, -0.1) is 0 Å². The Morgan fingerprint density at radius 2 is 1.56 bits per heavy atom. The third-order valence-electron chi connectivity index (χ3n) is 3.70. The van der Waals surface area contributed by atoms with E-state index in [1.54, 1.807) is 0 Å². The molecule has 0 spiro atoms. The Hall–Kier alpha value is -3.14. The molecule has 0 aromatic heterocycles. The van der Waals surface area contributed by atoms with Crippen molar-refractivity contribution >= 4 is 11.6 Å². The fourth-order valence-corrected chi connectivity index (χ4v) is 2.48. The molecule has 4 heteroatoms. The monoisotopic (exact) mass is 335 g/mol. The second-order valence-corrected chi connectivity index (χ2v) is 5.61. The number of hydrogen-bond donors (Lipinski definition) is 1. The first-order chi connectivity index (χ1) is 12.2. The Bertz CT molecular complexity index is 832. The molecule has 0 radical (unpaired) electrons. The van der Waals surface area contributed by atoms with E-state index in [4.69, 9.17) is 4.74 Å². The number of ether oxygens (including phenoxy) is 1. The zero-order chi connectivity index (χ0) is 17.5. The number of anilines is 1. The lowest BCUT2D eigenvalue weighted by Gasteiger charge is -2.12. The number of benzene rings is 3. The lowest BCUT2D eigenvalue weighted by Crippen LogP contribution is -2.20. The molecular formula is C21H18FNO2. The molecule has 0 fully saturated rings. The summed E-state index contributed by atoms with van der Waals surface area (Å²) in [5.41, 5.74) is 2.73. The largest absolute Gasteiger partial charge is 0.483 e. The van der Waals surface area contributed by atoms with Gasteiger partial charge in [0.05, 0.1) is 0 Å². The van der Waals surface area contributed by atoms with E-state index in [0.29, 0.717) is 11.4 Å². The zero-order valence-corrected chi connectivity index (χ0v) is 13.6. The summed E-state index contributed by atoms with van der Waals surface area (Å²) < 4.78 is 18.6. The first kappa shape index (κ1) is 16.7. The van der Waals surface area contributed by atoms with E-state index in [1.807, 2.05) is 42.5 Å². The van der Waals surface area contributed by atoms with Gasteiger partial charge in [-0.2, -0.15) is 0 Å². The maximum atomic E-state index is 12.9. The number of rotatable bonds is 6. The Kier molecular flexibility index (Phi) is 5.42. The van der Waals surface area contributed by atoms with Crippen LogP contribution in [0.3, 0.4) is 0 Å². The summed E-state index contributed by atoms with van der Waals surface area (Å²) in [4.78, 5) is 12.0. The van der Waals surface area contributed by atoms with Crippen molar-refractivity contribution in [3.05, 3.63) is 95.8 Å². The molecule has 0 saturated carbocycles. The number of hydrogen-bond acceptors (Lipinski definition) is 2. The highest BCUT2D eigenvalue weighted by atomic mass is 19.1. The molecule has 0 aliphatic carbocycles. The standard InChI is InChI=1S/C21H18FNO2/c22-18-10-12-19(13-11-18)23-21(24)15-25-20-9-5-4-8-17(20)14-16-6-2-1-3-7-16/h1-13H,14-15H2,(H,23,24). The van der Waals surface area contributed by atoms with Gasteiger partial charge in [0.25, 0.3) is 5.91 Å². The van der Waals surface area contributed by atoms with Gasteiger partial charge in [-0.05, 0) is 41.5 Å². The normalized spacial score (nSPS) is 10.3. The molecule has 1 N–H and O–H groups in total. The number of halogens is 1. The van der Waals surface area contributed by atoms with Crippen LogP contribution in [-0.2, 0) is 11.2 Å². The number of carbonyl (C=O) groups is 1. The number of carbonyl (C=O) groups excluding carboxylic acids is 1. The quantitative estimate of drug-likeness (QED) is 0.723. The summed E-state index contributed by atoms with van der Waals surface area (Å²) in [7, 11) is 0. The number of amides is 1. The van der Waals surface area contributed by atoms with Crippen LogP contribution in [0.15, 0.2) is 78.9 Å². The van der Waals surface area contributed by atoms with E-state index in [-0.39, 0.29) is 18.3 Å². The molecule has 0 atom stereocenters. The maximum Gasteiger partial charge on any atom is 0.262 e. The molecule has 0 aliphatic heterocycles. The van der Waals surface area contributed by atoms with Crippen molar-refractivity contribution < 1.29 is 13.9 Å². The molecule has 0 bridgehead atoms. The van der Waals surface area contributed by atoms with Crippen molar-refractivity contribution in [2.45, 2.75) is 6.42 Å². The summed E-state index contributed by atoms with van der Waals surface area (Å²) in [5, 5.41) is 2.68. The highest BCUT2D eigenvalue weighted by molar-refractivity contribution is 5.91. The summed E-state index contributed by atoms with van der Waals surface area (Å²) in [6.07, 6.45) is 0.733. The Morgan fingerprint density at radius 3 is 2.32 bits per heavy atom. The van der Waals surface area contributed by atoms with Gasteiger partial charge < -0.3 is 10.1 Å². The summed E-state index contributed by atoms with van der Waals surface area (Å²) in [6.45, 7) is -0.108. The van der Waals surface area contributed by atoms with Gasteiger partial charge >= 0.3 is 0 Å². The molecule has 0 heterocycles. The summed E-state index contributed by atoms with van der Waals surface area (Å²) in [5.74, 6) is 0.0471. The van der Waals surface area contributed by atoms with Gasteiger partial charge in [0.2, 0.25) is 0 Å². The number of nitrogens with one attached hydrogen (secondary N) is 1. The van der Waals surface area contributed by atoms with E-state index in [1.165, 1.54) is 29.8 Å². The van der Waals surface area contributed by atoms with E-state index < -0.39 is 0 Å². The molecule has 3 rings (SSSR count). The molecule has 126 valence electrons. The van der Waals surface area contributed by atoms with Crippen molar-refractivity contribution in [3.63, 3.8) is 0 Å². The van der Waals surface area contributed by atoms with Gasteiger partial charge in [0.15, 0.2) is 6.61 Å². The zero-order valence-electron chi connectivity index (χ0n) is 13.6. The van der Waals surface area contributed by atoms with Crippen LogP contribution in [0.1, 0.15) is 11.1 Å². The fourth-order valence-electron chi connectivity index (χ4n) is 2.48. The predicted octanol–water partition coefficient (Wildman–Crippen LogP) is 4.43. The average Bonchev–Trinajstić information content (AvgIpc) is 2.64. The third-order valence-corrected chi connectivity index (χ3v) is 3.70. The van der Waals surface area contributed by atoms with Crippen LogP contribution in [0.25, 0.3) is 0 Å². The first-order valence-corrected chi connectivity index (χ1v) is 8.01. The van der Waals surface area contributed by atoms with Crippen molar-refractivity contribution in [2.24, 2.45) is 0 Å². The molecular weight excluding hydrogens is 317 g/mol. The summed E-state index contributed by atoms with van der Waals surface area (Å²) >= 11 is 0. The molecule has 0 unspecified atom stereocenters. The highest BCUT2D eigenvalue weighted by Gasteiger charge is 2.08. The van der Waals surface area contributed by atoms with Crippen molar-refractivity contribution in [1.29, 1.82) is 0 Å². The molecule has 3 aromatic rings. The minimum atomic E-state index is -0.343. The lowest BCUT2D eigenvalue weighted by atomic mass is 10.0. The predicted molar refractivity (Wildman–Crippen MR) is 96.2 cm³/mol. The van der Waals surface area contributed by atoms with Crippen LogP contribution >= 0.6 is 0 Å². The lowest BCUT2D eigenvalue weighted by molar-refractivity contribution is -0.118. The van der Waals surface area contributed by atoms with E-state index in [2.05, 4.69) is 17.4 Å². The molecule has 1 amide bonds. The number of para-hydroxylation sites is 1. The SMILES string of the molecule is O=C(COc1ccccc1Cc1ccccc1)Nc1ccc(F)cc1. The second-order valence-electron chi connectivity index (χ2n) is 5.61. The fraction of sp³-hybridized carbons (Fsp3) is 0.0952. The van der Waals surface area contributed by atoms with Crippen LogP contribution in [0.2, 0.25) is 0 Å². The van der Waals surface area contributed by atoms with Gasteiger partial charge in [-0.1, -0.05) is 48.5 Å². The molecule has 25 heavy (non-hydrogen) atoms. The minimum absolute atomic E-state index is 0.108. The van der Waals surface area contributed by atoms with Crippen LogP contribution in [0.4, 0.5) is 10.1 Å². The Labute approximate surface area is 146 Å². The minimum Gasteiger partial charge on any atom is -0.483 e. The smallest absolute Gasteiger partial charge is 0.262 e. The maximum absolute atomic E-state index is 12.9. The molecule has 0 aliphatic rings. The average molecular weight is 335 g/mol. The van der Waals surface area contributed by atoms with Gasteiger partial charge in [-0.3, -0.25) is 4.79 Å². The van der Waals surface area contributed by atoms with Gasteiger partial charge in [0, 0.05) is 12.1 Å². The molecule has 3 aromatic carbocycles. The molecule has 0 saturated heterocycles. The van der Waals surface area contributed by atoms with E-state index in [9.17, 15) is 9.18 Å². The topological polar surface area (TPSA) is 38.3 Å². The van der Waals surface area contributed by atoms with Crippen LogP contribution in [0.5, 0.6) is 5.75 Å². The Morgan fingerprint density at radius 1 is 0.880 bits per heavy atom. The van der Waals surface area contributed by atoms with Crippen LogP contribution in [-0.4, -0.2) is 12.5 Å². The van der Waals surface area contributed by atoms with E-state index >= 15 is 0 Å². The van der Waals surface area contributed by atoms with Gasteiger partial charge in [0.1, 0.15) is 11.6 Å². The third kappa shape index (κ3) is 4.91. The second kappa shape index (κ2) is 8.11. The van der Waals surface area contributed by atoms with Crippen LogP contribution < -0.4 is 10.1 Å². The van der Waals surface area contributed by atoms with Crippen molar-refractivity contribution in [1.82, 2.24) is 0 Å².